The number of aryl methyl sites for hydroxylation is 1. The first-order valence-corrected chi connectivity index (χ1v) is 15.9. The fraction of sp³-hybridized carbons (Fsp3) is 0.323. The van der Waals surface area contributed by atoms with Gasteiger partial charge in [-0.2, -0.15) is 0 Å². The van der Waals surface area contributed by atoms with E-state index in [1.807, 2.05) is 13.0 Å². The molecule has 2 heterocycles. The Morgan fingerprint density at radius 2 is 1.80 bits per heavy atom. The first-order chi connectivity index (χ1) is 21.3. The molecule has 0 atom stereocenters. The first-order valence-electron chi connectivity index (χ1n) is 14.0. The minimum Gasteiger partial charge on any atom is -0.439 e. The Hall–Kier alpha value is -4.74. The highest BCUT2D eigenvalue weighted by Crippen LogP contribution is 2.26. The fourth-order valence-electron chi connectivity index (χ4n) is 4.90. The predicted molar refractivity (Wildman–Crippen MR) is 166 cm³/mol. The lowest BCUT2D eigenvalue weighted by molar-refractivity contribution is 0.0996. The molecule has 45 heavy (non-hydrogen) atoms. The Bertz CT molecular complexity index is 1730. The van der Waals surface area contributed by atoms with E-state index in [1.54, 1.807) is 37.3 Å². The number of aromatic nitrogens is 1. The van der Waals surface area contributed by atoms with E-state index in [4.69, 9.17) is 10.5 Å². The number of hydrogen-bond acceptors (Lipinski definition) is 7. The number of hydrogen-bond donors (Lipinski definition) is 3. The van der Waals surface area contributed by atoms with Gasteiger partial charge < -0.3 is 20.7 Å². The average Bonchev–Trinajstić information content (AvgIpc) is 2.97. The molecule has 0 radical (unpaired) electrons. The van der Waals surface area contributed by atoms with Gasteiger partial charge in [0.1, 0.15) is 17.4 Å². The van der Waals surface area contributed by atoms with Crippen molar-refractivity contribution in [3.8, 4) is 23.5 Å². The van der Waals surface area contributed by atoms with Gasteiger partial charge in [0.2, 0.25) is 15.9 Å². The van der Waals surface area contributed by atoms with E-state index >= 15 is 0 Å². The third-order valence-corrected chi connectivity index (χ3v) is 7.80. The van der Waals surface area contributed by atoms with Crippen molar-refractivity contribution in [1.29, 1.82) is 0 Å². The number of pyridine rings is 1. The quantitative estimate of drug-likeness (QED) is 0.278. The molecular weight excluding hydrogens is 606 g/mol. The van der Waals surface area contributed by atoms with Gasteiger partial charge >= 0.3 is 6.03 Å². The van der Waals surface area contributed by atoms with E-state index in [-0.39, 0.29) is 18.3 Å². The van der Waals surface area contributed by atoms with Crippen molar-refractivity contribution in [1.82, 2.24) is 14.8 Å². The number of likely N-dealkylation sites (tertiary alicyclic amines) is 1. The predicted octanol–water partition coefficient (Wildman–Crippen LogP) is 4.45. The van der Waals surface area contributed by atoms with Crippen LogP contribution >= 0.6 is 0 Å². The average molecular weight is 641 g/mol. The summed E-state index contributed by atoms with van der Waals surface area (Å²) in [6.45, 7) is 5.64. The van der Waals surface area contributed by atoms with Crippen LogP contribution in [-0.4, -0.2) is 67.1 Å². The number of amides is 3. The maximum absolute atomic E-state index is 14.4. The third kappa shape index (κ3) is 9.13. The first kappa shape index (κ1) is 33.2. The van der Waals surface area contributed by atoms with Crippen molar-refractivity contribution < 1.29 is 31.5 Å². The number of rotatable bonds is 10. The van der Waals surface area contributed by atoms with Crippen LogP contribution in [0.4, 0.5) is 25.0 Å². The van der Waals surface area contributed by atoms with Crippen LogP contribution in [0.1, 0.15) is 41.4 Å². The second-order valence-corrected chi connectivity index (χ2v) is 12.3. The molecule has 4 rings (SSSR count). The number of benzene rings is 2. The number of carbonyl (C=O) groups is 2. The largest absolute Gasteiger partial charge is 0.439 e. The second kappa shape index (κ2) is 14.4. The van der Waals surface area contributed by atoms with Crippen LogP contribution in [0.3, 0.4) is 0 Å². The number of nitrogens with two attached hydrogens (primary N) is 1. The van der Waals surface area contributed by atoms with Crippen molar-refractivity contribution in [2.45, 2.75) is 39.3 Å². The van der Waals surface area contributed by atoms with E-state index < -0.39 is 39.2 Å². The summed E-state index contributed by atoms with van der Waals surface area (Å²) >= 11 is 0. The van der Waals surface area contributed by atoms with E-state index in [9.17, 15) is 26.8 Å². The number of primary amides is 1. The van der Waals surface area contributed by atoms with Gasteiger partial charge in [-0.15, -0.1) is 5.92 Å². The van der Waals surface area contributed by atoms with Gasteiger partial charge in [0.25, 0.3) is 5.91 Å². The molecule has 1 saturated heterocycles. The molecule has 14 heteroatoms. The van der Waals surface area contributed by atoms with Crippen LogP contribution in [0.5, 0.6) is 11.6 Å². The SMILES string of the molecule is CC#CCN(C(=O)Nc1cc(C(N)=O)c(F)cc1F)C1CCN(Cc2ccc(Oc3ccc(NS(C)(=O)=O)cc3)nc2C)CC1. The van der Waals surface area contributed by atoms with Crippen molar-refractivity contribution >= 4 is 33.3 Å². The van der Waals surface area contributed by atoms with Gasteiger partial charge in [-0.05, 0) is 62.6 Å². The van der Waals surface area contributed by atoms with Gasteiger partial charge in [-0.3, -0.25) is 14.4 Å². The van der Waals surface area contributed by atoms with Gasteiger partial charge in [0.05, 0.1) is 24.1 Å². The van der Waals surface area contributed by atoms with Gasteiger partial charge in [0.15, 0.2) is 0 Å². The topological polar surface area (TPSA) is 147 Å². The van der Waals surface area contributed by atoms with E-state index in [1.165, 1.54) is 4.90 Å². The van der Waals surface area contributed by atoms with Gasteiger partial charge in [-0.1, -0.05) is 12.0 Å². The molecule has 0 aliphatic carbocycles. The second-order valence-electron chi connectivity index (χ2n) is 10.6. The van der Waals surface area contributed by atoms with Crippen LogP contribution in [0.15, 0.2) is 48.5 Å². The molecule has 3 amide bonds. The molecule has 1 aliphatic rings. The smallest absolute Gasteiger partial charge is 0.322 e. The number of carbonyl (C=O) groups excluding carboxylic acids is 2. The van der Waals surface area contributed by atoms with Crippen molar-refractivity contribution in [2.24, 2.45) is 5.73 Å². The molecule has 2 aromatic carbocycles. The minimum atomic E-state index is -3.37. The number of nitrogens with zero attached hydrogens (tertiary/aromatic N) is 3. The summed E-state index contributed by atoms with van der Waals surface area (Å²) in [6.07, 6.45) is 2.35. The number of nitrogens with one attached hydrogen (secondary N) is 2. The number of urea groups is 1. The summed E-state index contributed by atoms with van der Waals surface area (Å²) in [5, 5.41) is 2.44. The van der Waals surface area contributed by atoms with E-state index in [0.29, 0.717) is 55.9 Å². The molecule has 0 bridgehead atoms. The summed E-state index contributed by atoms with van der Waals surface area (Å²) in [4.78, 5) is 33.0. The van der Waals surface area contributed by atoms with Crippen LogP contribution in [0, 0.1) is 30.4 Å². The fourth-order valence-corrected chi connectivity index (χ4v) is 5.46. The third-order valence-electron chi connectivity index (χ3n) is 7.19. The summed E-state index contributed by atoms with van der Waals surface area (Å²) in [5.41, 5.74) is 6.52. The Labute approximate surface area is 260 Å². The molecule has 0 spiro atoms. The number of ether oxygens (including phenoxy) is 1. The lowest BCUT2D eigenvalue weighted by atomic mass is 10.0. The zero-order valence-electron chi connectivity index (χ0n) is 25.1. The normalized spacial score (nSPS) is 13.8. The highest BCUT2D eigenvalue weighted by atomic mass is 32.2. The highest BCUT2D eigenvalue weighted by Gasteiger charge is 2.29. The van der Waals surface area contributed by atoms with Gasteiger partial charge in [-0.25, -0.2) is 27.0 Å². The van der Waals surface area contributed by atoms with Crippen LogP contribution in [-0.2, 0) is 16.6 Å². The molecular formula is C31H34F2N6O5S. The zero-order valence-corrected chi connectivity index (χ0v) is 25.9. The molecule has 0 unspecified atom stereocenters. The number of piperidine rings is 1. The van der Waals surface area contributed by atoms with Crippen LogP contribution in [0.2, 0.25) is 0 Å². The molecule has 1 aliphatic heterocycles. The summed E-state index contributed by atoms with van der Waals surface area (Å²) in [6, 6.07) is 10.8. The molecule has 0 saturated carbocycles. The molecule has 1 fully saturated rings. The van der Waals surface area contributed by atoms with E-state index in [0.717, 1.165) is 23.6 Å². The lowest BCUT2D eigenvalue weighted by Crippen LogP contribution is -2.49. The molecule has 238 valence electrons. The Morgan fingerprint density at radius 1 is 1.11 bits per heavy atom. The highest BCUT2D eigenvalue weighted by molar-refractivity contribution is 7.92. The summed E-state index contributed by atoms with van der Waals surface area (Å²) in [7, 11) is -3.37. The van der Waals surface area contributed by atoms with Crippen LogP contribution < -0.4 is 20.5 Å². The number of anilines is 2. The van der Waals surface area contributed by atoms with Gasteiger partial charge in [0, 0.05) is 49.2 Å². The standard InChI is InChI=1S/C31H34F2N6O5S/c1-4-5-14-39(31(41)36-28-17-25(30(34)40)26(32)18-27(28)33)23-12-15-38(16-13-23)19-21-6-11-29(35-20(21)2)44-24-9-7-22(8-10-24)37-45(3,42)43/h6-11,17-18,23,37H,12-16,19H2,1-3H3,(H2,34,40)(H,36,41). The molecule has 3 aromatic rings. The maximum Gasteiger partial charge on any atom is 0.322 e. The van der Waals surface area contributed by atoms with Crippen molar-refractivity contribution in [3.05, 3.63) is 77.0 Å². The Balaban J connectivity index is 1.35. The summed E-state index contributed by atoms with van der Waals surface area (Å²) < 4.78 is 59.3. The Kier molecular flexibility index (Phi) is 10.6. The lowest BCUT2D eigenvalue weighted by Gasteiger charge is -2.38. The Morgan fingerprint density at radius 3 is 2.40 bits per heavy atom. The van der Waals surface area contributed by atoms with Crippen molar-refractivity contribution in [3.63, 3.8) is 0 Å². The van der Waals surface area contributed by atoms with Crippen LogP contribution in [0.25, 0.3) is 0 Å². The summed E-state index contributed by atoms with van der Waals surface area (Å²) in [5.74, 6) is 3.35. The zero-order chi connectivity index (χ0) is 32.7. The minimum absolute atomic E-state index is 0.111. The number of halogens is 2. The maximum atomic E-state index is 14.4. The molecule has 1 aromatic heterocycles. The van der Waals surface area contributed by atoms with E-state index in [2.05, 4.69) is 31.8 Å². The molecule has 4 N–H and O–H groups in total. The molecule has 11 nitrogen and oxygen atoms in total. The monoisotopic (exact) mass is 640 g/mol. The number of sulfonamides is 1. The van der Waals surface area contributed by atoms with Crippen molar-refractivity contribution in [2.75, 3.05) is 35.9 Å².